The molecule has 0 bridgehead atoms. The summed E-state index contributed by atoms with van der Waals surface area (Å²) < 4.78 is 25.0. The first kappa shape index (κ1) is 14.8. The number of hydrogen-bond acceptors (Lipinski definition) is 3. The van der Waals surface area contributed by atoms with E-state index in [0.29, 0.717) is 6.42 Å². The van der Waals surface area contributed by atoms with E-state index < -0.39 is 15.1 Å². The van der Waals surface area contributed by atoms with Crippen molar-refractivity contribution in [2.24, 2.45) is 0 Å². The molecule has 2 rings (SSSR count). The highest BCUT2D eigenvalue weighted by atomic mass is 32.2. The van der Waals surface area contributed by atoms with Crippen molar-refractivity contribution in [1.82, 2.24) is 0 Å². The minimum atomic E-state index is -3.52. The number of benzene rings is 2. The Labute approximate surface area is 119 Å². The van der Waals surface area contributed by atoms with Gasteiger partial charge in [-0.25, -0.2) is 8.42 Å². The number of rotatable bonds is 5. The van der Waals surface area contributed by atoms with Crippen LogP contribution in [0, 0.1) is 6.92 Å². The van der Waals surface area contributed by atoms with Crippen LogP contribution in [0.4, 0.5) is 0 Å². The summed E-state index contributed by atoms with van der Waals surface area (Å²) in [6, 6.07) is 16.1. The van der Waals surface area contributed by atoms with Crippen molar-refractivity contribution in [3.05, 3.63) is 65.7 Å². The van der Waals surface area contributed by atoms with Crippen LogP contribution in [0.25, 0.3) is 0 Å². The van der Waals surface area contributed by atoms with E-state index in [4.69, 9.17) is 0 Å². The monoisotopic (exact) mass is 290 g/mol. The predicted octanol–water partition coefficient (Wildman–Crippen LogP) is 2.37. The van der Waals surface area contributed by atoms with E-state index in [1.54, 1.807) is 24.3 Å². The van der Waals surface area contributed by atoms with Crippen LogP contribution in [0.15, 0.2) is 59.5 Å². The van der Waals surface area contributed by atoms with Gasteiger partial charge < -0.3 is 5.11 Å². The molecular weight excluding hydrogens is 272 g/mol. The number of sulfone groups is 1. The summed E-state index contributed by atoms with van der Waals surface area (Å²) in [6.45, 7) is 1.52. The standard InChI is InChI=1S/C16H18O3S/c1-13-7-9-15(10-8-13)20(18,19)16(12-17)11-14-5-3-2-4-6-14/h2-10,16-17H,11-12H2,1H3/t16-/m0/s1. The second-order valence-electron chi connectivity index (χ2n) is 4.85. The van der Waals surface area contributed by atoms with Gasteiger partial charge in [0.05, 0.1) is 16.8 Å². The topological polar surface area (TPSA) is 54.4 Å². The zero-order valence-corrected chi connectivity index (χ0v) is 12.2. The minimum absolute atomic E-state index is 0.262. The van der Waals surface area contributed by atoms with E-state index in [0.717, 1.165) is 11.1 Å². The molecule has 106 valence electrons. The van der Waals surface area contributed by atoms with Crippen molar-refractivity contribution in [1.29, 1.82) is 0 Å². The van der Waals surface area contributed by atoms with E-state index >= 15 is 0 Å². The average molecular weight is 290 g/mol. The Bertz CT molecular complexity index is 646. The van der Waals surface area contributed by atoms with E-state index in [1.165, 1.54) is 0 Å². The summed E-state index contributed by atoms with van der Waals surface area (Å²) >= 11 is 0. The van der Waals surface area contributed by atoms with Gasteiger partial charge in [0.1, 0.15) is 0 Å². The van der Waals surface area contributed by atoms with Gasteiger partial charge in [-0.15, -0.1) is 0 Å². The predicted molar refractivity (Wildman–Crippen MR) is 79.4 cm³/mol. The van der Waals surface area contributed by atoms with Crippen LogP contribution < -0.4 is 0 Å². The zero-order valence-electron chi connectivity index (χ0n) is 11.4. The highest BCUT2D eigenvalue weighted by molar-refractivity contribution is 7.92. The van der Waals surface area contributed by atoms with Gasteiger partial charge in [0.15, 0.2) is 9.84 Å². The first-order valence-electron chi connectivity index (χ1n) is 6.49. The molecule has 0 heterocycles. The number of aryl methyl sites for hydroxylation is 1. The molecule has 3 nitrogen and oxygen atoms in total. The van der Waals surface area contributed by atoms with Crippen LogP contribution in [0.2, 0.25) is 0 Å². The Morgan fingerprint density at radius 1 is 1.00 bits per heavy atom. The van der Waals surface area contributed by atoms with Crippen LogP contribution in [-0.4, -0.2) is 25.4 Å². The Morgan fingerprint density at radius 3 is 2.15 bits per heavy atom. The SMILES string of the molecule is Cc1ccc(S(=O)(=O)[C@H](CO)Cc2ccccc2)cc1. The molecule has 0 aliphatic heterocycles. The molecule has 0 saturated carbocycles. The first-order valence-corrected chi connectivity index (χ1v) is 8.04. The quantitative estimate of drug-likeness (QED) is 0.920. The van der Waals surface area contributed by atoms with E-state index in [9.17, 15) is 13.5 Å². The van der Waals surface area contributed by atoms with Crippen molar-refractivity contribution in [3.63, 3.8) is 0 Å². The summed E-state index contributed by atoms with van der Waals surface area (Å²) in [7, 11) is -3.52. The van der Waals surface area contributed by atoms with Gasteiger partial charge in [-0.1, -0.05) is 48.0 Å². The van der Waals surface area contributed by atoms with Gasteiger partial charge in [-0.2, -0.15) is 0 Å². The third-order valence-electron chi connectivity index (χ3n) is 3.30. The third kappa shape index (κ3) is 3.26. The van der Waals surface area contributed by atoms with Gasteiger partial charge in [0.2, 0.25) is 0 Å². The second kappa shape index (κ2) is 6.20. The van der Waals surface area contributed by atoms with Crippen LogP contribution in [0.3, 0.4) is 0 Å². The summed E-state index contributed by atoms with van der Waals surface area (Å²) in [5.74, 6) is 0. The first-order chi connectivity index (χ1) is 9.54. The normalized spacial score (nSPS) is 13.1. The summed E-state index contributed by atoms with van der Waals surface area (Å²) in [5, 5.41) is 8.65. The van der Waals surface area contributed by atoms with Gasteiger partial charge in [0, 0.05) is 0 Å². The molecule has 0 aliphatic carbocycles. The molecule has 0 spiro atoms. The fraction of sp³-hybridized carbons (Fsp3) is 0.250. The lowest BCUT2D eigenvalue weighted by molar-refractivity contribution is 0.289. The lowest BCUT2D eigenvalue weighted by Crippen LogP contribution is -2.27. The van der Waals surface area contributed by atoms with Crippen molar-refractivity contribution < 1.29 is 13.5 Å². The molecule has 2 aromatic rings. The van der Waals surface area contributed by atoms with E-state index in [-0.39, 0.29) is 11.5 Å². The van der Waals surface area contributed by atoms with Crippen molar-refractivity contribution >= 4 is 9.84 Å². The Hall–Kier alpha value is -1.65. The van der Waals surface area contributed by atoms with Crippen LogP contribution in [-0.2, 0) is 16.3 Å². The zero-order chi connectivity index (χ0) is 14.6. The van der Waals surface area contributed by atoms with Crippen molar-refractivity contribution in [3.8, 4) is 0 Å². The molecule has 4 heteroatoms. The van der Waals surface area contributed by atoms with Gasteiger partial charge >= 0.3 is 0 Å². The van der Waals surface area contributed by atoms with Gasteiger partial charge in [-0.05, 0) is 31.0 Å². The van der Waals surface area contributed by atoms with Crippen LogP contribution in [0.1, 0.15) is 11.1 Å². The molecule has 0 aliphatic rings. The highest BCUT2D eigenvalue weighted by Crippen LogP contribution is 2.19. The van der Waals surface area contributed by atoms with Crippen molar-refractivity contribution in [2.45, 2.75) is 23.5 Å². The lowest BCUT2D eigenvalue weighted by Gasteiger charge is -2.15. The number of hydrogen-bond donors (Lipinski definition) is 1. The molecule has 20 heavy (non-hydrogen) atoms. The largest absolute Gasteiger partial charge is 0.395 e. The van der Waals surface area contributed by atoms with Crippen LogP contribution >= 0.6 is 0 Å². The third-order valence-corrected chi connectivity index (χ3v) is 5.42. The fourth-order valence-electron chi connectivity index (χ4n) is 2.07. The van der Waals surface area contributed by atoms with Crippen LogP contribution in [0.5, 0.6) is 0 Å². The molecular formula is C16H18O3S. The number of aliphatic hydroxyl groups excluding tert-OH is 1. The lowest BCUT2D eigenvalue weighted by atomic mass is 10.1. The summed E-state index contributed by atoms with van der Waals surface area (Å²) in [6.07, 6.45) is 0.313. The number of aliphatic hydroxyl groups is 1. The highest BCUT2D eigenvalue weighted by Gasteiger charge is 2.26. The second-order valence-corrected chi connectivity index (χ2v) is 7.08. The molecule has 1 N–H and O–H groups in total. The Balaban J connectivity index is 2.28. The maximum absolute atomic E-state index is 12.5. The Morgan fingerprint density at radius 2 is 1.60 bits per heavy atom. The molecule has 0 fully saturated rings. The summed E-state index contributed by atoms with van der Waals surface area (Å²) in [4.78, 5) is 0.262. The maximum atomic E-state index is 12.5. The van der Waals surface area contributed by atoms with Gasteiger partial charge in [0.25, 0.3) is 0 Å². The maximum Gasteiger partial charge on any atom is 0.183 e. The smallest absolute Gasteiger partial charge is 0.183 e. The minimum Gasteiger partial charge on any atom is -0.395 e. The van der Waals surface area contributed by atoms with E-state index in [1.807, 2.05) is 37.3 Å². The summed E-state index contributed by atoms with van der Waals surface area (Å²) in [5.41, 5.74) is 1.91. The molecule has 0 amide bonds. The Kier molecular flexibility index (Phi) is 4.57. The van der Waals surface area contributed by atoms with E-state index in [2.05, 4.69) is 0 Å². The average Bonchev–Trinajstić information content (AvgIpc) is 2.46. The van der Waals surface area contributed by atoms with Crippen molar-refractivity contribution in [2.75, 3.05) is 6.61 Å². The fourth-order valence-corrected chi connectivity index (χ4v) is 3.58. The van der Waals surface area contributed by atoms with Gasteiger partial charge in [-0.3, -0.25) is 0 Å². The molecule has 1 atom stereocenters. The molecule has 2 aromatic carbocycles. The molecule has 0 aromatic heterocycles. The molecule has 0 radical (unpaired) electrons. The molecule has 0 unspecified atom stereocenters. The molecule has 0 saturated heterocycles.